The summed E-state index contributed by atoms with van der Waals surface area (Å²) in [5.74, 6) is 5.10. The van der Waals surface area contributed by atoms with Crippen molar-refractivity contribution in [1.82, 2.24) is 9.79 Å². The van der Waals surface area contributed by atoms with Gasteiger partial charge in [-0.1, -0.05) is 11.8 Å². The molecule has 2 N–H and O–H groups in total. The number of carbonyl (C=O) groups is 1. The van der Waals surface area contributed by atoms with Crippen LogP contribution in [-0.4, -0.2) is 68.5 Å². The summed E-state index contributed by atoms with van der Waals surface area (Å²) in [5.41, 5.74) is 0.401. The summed E-state index contributed by atoms with van der Waals surface area (Å²) >= 11 is 0. The van der Waals surface area contributed by atoms with Gasteiger partial charge < -0.3 is 14.2 Å². The van der Waals surface area contributed by atoms with E-state index in [1.807, 2.05) is 0 Å². The third-order valence-electron chi connectivity index (χ3n) is 4.33. The number of carbonyl (C=O) groups excluding carboxylic acids is 1. The minimum atomic E-state index is -4.04. The zero-order valence-electron chi connectivity index (χ0n) is 16.8. The molecule has 160 valence electrons. The molecular weight excluding hydrogens is 400 g/mol. The molecule has 0 radical (unpaired) electrons. The van der Waals surface area contributed by atoms with Gasteiger partial charge in [0, 0.05) is 13.7 Å². The smallest absolute Gasteiger partial charge is 0.264 e. The molecule has 2 atom stereocenters. The second kappa shape index (κ2) is 9.56. The number of morpholine rings is 1. The van der Waals surface area contributed by atoms with E-state index in [2.05, 4.69) is 11.8 Å². The second-order valence-electron chi connectivity index (χ2n) is 7.03. The Morgan fingerprint density at radius 2 is 1.93 bits per heavy atom. The first-order valence-electron chi connectivity index (χ1n) is 8.94. The Balaban J connectivity index is 2.25. The lowest BCUT2D eigenvalue weighted by Crippen LogP contribution is -2.65. The van der Waals surface area contributed by atoms with Gasteiger partial charge in [0.05, 0.1) is 16.6 Å². The van der Waals surface area contributed by atoms with Crippen LogP contribution in [0.25, 0.3) is 0 Å². The van der Waals surface area contributed by atoms with Crippen molar-refractivity contribution >= 4 is 15.9 Å². The highest BCUT2D eigenvalue weighted by Crippen LogP contribution is 2.33. The summed E-state index contributed by atoms with van der Waals surface area (Å²) in [6, 6.07) is 4.59. The number of benzene rings is 1. The van der Waals surface area contributed by atoms with E-state index in [0.717, 1.165) is 4.31 Å². The van der Waals surface area contributed by atoms with Crippen LogP contribution in [0.5, 0.6) is 5.75 Å². The number of hydroxylamine groups is 1. The highest BCUT2D eigenvalue weighted by atomic mass is 32.2. The Labute approximate surface area is 170 Å². The molecule has 1 saturated heterocycles. The number of ether oxygens (including phenoxy) is 3. The first-order chi connectivity index (χ1) is 13.6. The van der Waals surface area contributed by atoms with Crippen LogP contribution in [0.1, 0.15) is 20.8 Å². The van der Waals surface area contributed by atoms with Gasteiger partial charge in [0.15, 0.2) is 0 Å². The number of nitrogens with one attached hydrogen (secondary N) is 1. The Bertz CT molecular complexity index is 872. The molecule has 1 fully saturated rings. The largest absolute Gasteiger partial charge is 0.481 e. The average molecular weight is 426 g/mol. The number of hydrogen-bond acceptors (Lipinski definition) is 7. The van der Waals surface area contributed by atoms with Gasteiger partial charge in [-0.3, -0.25) is 10.0 Å². The fourth-order valence-corrected chi connectivity index (χ4v) is 4.99. The van der Waals surface area contributed by atoms with Gasteiger partial charge >= 0.3 is 0 Å². The van der Waals surface area contributed by atoms with Crippen molar-refractivity contribution in [3.05, 3.63) is 24.3 Å². The second-order valence-corrected chi connectivity index (χ2v) is 8.92. The summed E-state index contributed by atoms with van der Waals surface area (Å²) in [6.45, 7) is 5.34. The summed E-state index contributed by atoms with van der Waals surface area (Å²) in [4.78, 5) is 12.2. The van der Waals surface area contributed by atoms with E-state index in [0.29, 0.717) is 12.4 Å². The van der Waals surface area contributed by atoms with Crippen LogP contribution in [-0.2, 0) is 24.3 Å². The maximum atomic E-state index is 13.2. The van der Waals surface area contributed by atoms with Crippen molar-refractivity contribution in [2.75, 3.05) is 26.9 Å². The van der Waals surface area contributed by atoms with E-state index in [4.69, 9.17) is 19.4 Å². The molecule has 0 spiro atoms. The lowest BCUT2D eigenvalue weighted by atomic mass is 9.95. The van der Waals surface area contributed by atoms with Crippen molar-refractivity contribution in [3.63, 3.8) is 0 Å². The Morgan fingerprint density at radius 1 is 1.31 bits per heavy atom. The number of nitrogens with zero attached hydrogens (tertiary/aromatic N) is 1. The molecule has 1 heterocycles. The van der Waals surface area contributed by atoms with Crippen LogP contribution in [0.15, 0.2) is 29.2 Å². The number of rotatable bonds is 6. The van der Waals surface area contributed by atoms with Gasteiger partial charge in [-0.15, -0.1) is 0 Å². The van der Waals surface area contributed by atoms with Gasteiger partial charge in [0.1, 0.15) is 25.0 Å². The van der Waals surface area contributed by atoms with Crippen LogP contribution in [0.2, 0.25) is 0 Å². The van der Waals surface area contributed by atoms with Gasteiger partial charge in [-0.25, -0.2) is 13.9 Å². The maximum Gasteiger partial charge on any atom is 0.264 e. The summed E-state index contributed by atoms with van der Waals surface area (Å²) in [6.07, 6.45) is -0.434. The van der Waals surface area contributed by atoms with Gasteiger partial charge in [-0.2, -0.15) is 4.31 Å². The van der Waals surface area contributed by atoms with Crippen molar-refractivity contribution < 1.29 is 32.6 Å². The van der Waals surface area contributed by atoms with Crippen LogP contribution in [0.4, 0.5) is 0 Å². The molecule has 0 aromatic heterocycles. The molecule has 1 amide bonds. The van der Waals surface area contributed by atoms with E-state index in [1.54, 1.807) is 27.9 Å². The third kappa shape index (κ3) is 5.46. The minimum Gasteiger partial charge on any atom is -0.481 e. The third-order valence-corrected chi connectivity index (χ3v) is 6.18. The molecule has 9 nitrogen and oxygen atoms in total. The highest BCUT2D eigenvalue weighted by Gasteiger charge is 2.50. The topological polar surface area (TPSA) is 114 Å². The fourth-order valence-electron chi connectivity index (χ4n) is 3.21. The first kappa shape index (κ1) is 23.1. The van der Waals surface area contributed by atoms with Crippen LogP contribution < -0.4 is 10.2 Å². The molecule has 0 bridgehead atoms. The van der Waals surface area contributed by atoms with Crippen molar-refractivity contribution in [3.8, 4) is 17.6 Å². The number of sulfonamides is 1. The zero-order valence-corrected chi connectivity index (χ0v) is 17.7. The number of amides is 1. The maximum absolute atomic E-state index is 13.2. The summed E-state index contributed by atoms with van der Waals surface area (Å²) in [5, 5.41) is 9.10. The molecule has 29 heavy (non-hydrogen) atoms. The molecule has 0 aliphatic carbocycles. The Hall–Kier alpha value is -2.16. The number of hydrogen-bond donors (Lipinski definition) is 2. The normalized spacial score (nSPS) is 21.7. The van der Waals surface area contributed by atoms with E-state index in [1.165, 1.54) is 29.7 Å². The lowest BCUT2D eigenvalue weighted by Gasteiger charge is -2.46. The lowest BCUT2D eigenvalue weighted by molar-refractivity contribution is -0.167. The van der Waals surface area contributed by atoms with Crippen LogP contribution in [0, 0.1) is 11.8 Å². The fraction of sp³-hybridized carbons (Fsp3) is 0.526. The molecule has 1 aromatic carbocycles. The summed E-state index contributed by atoms with van der Waals surface area (Å²) in [7, 11) is -2.50. The standard InChI is InChI=1S/C19H26N2O7S/c1-14-13-21(17(18(22)20-23)19(2,3)28-14)29(24,25)16-9-7-15(8-10-16)27-12-6-5-11-26-4/h7-10,14,17,23H,11-13H2,1-4H3,(H,20,22). The summed E-state index contributed by atoms with van der Waals surface area (Å²) < 4.78 is 43.5. The molecule has 1 aromatic rings. The van der Waals surface area contributed by atoms with E-state index in [9.17, 15) is 13.2 Å². The van der Waals surface area contributed by atoms with E-state index >= 15 is 0 Å². The predicted molar refractivity (Wildman–Crippen MR) is 104 cm³/mol. The SMILES string of the molecule is COCC#CCOc1ccc(S(=O)(=O)N2CC(C)OC(C)(C)C2C(=O)NO)cc1. The molecule has 10 heteroatoms. The van der Waals surface area contributed by atoms with Gasteiger partial charge in [0.2, 0.25) is 10.0 Å². The highest BCUT2D eigenvalue weighted by molar-refractivity contribution is 7.89. The van der Waals surface area contributed by atoms with Crippen molar-refractivity contribution in [2.24, 2.45) is 0 Å². The molecule has 2 rings (SSSR count). The van der Waals surface area contributed by atoms with Gasteiger partial charge in [0.25, 0.3) is 5.91 Å². The quantitative estimate of drug-likeness (QED) is 0.392. The van der Waals surface area contributed by atoms with Crippen LogP contribution in [0.3, 0.4) is 0 Å². The molecule has 2 unspecified atom stereocenters. The molecular formula is C19H26N2O7S. The molecule has 1 aliphatic heterocycles. The van der Waals surface area contributed by atoms with Gasteiger partial charge in [-0.05, 0) is 45.0 Å². The predicted octanol–water partition coefficient (Wildman–Crippen LogP) is 0.777. The Kier molecular flexibility index (Phi) is 7.62. The molecule has 1 aliphatic rings. The minimum absolute atomic E-state index is 0.00374. The average Bonchev–Trinajstić information content (AvgIpc) is 2.66. The first-order valence-corrected chi connectivity index (χ1v) is 10.4. The number of methoxy groups -OCH3 is 1. The Morgan fingerprint density at radius 3 is 2.52 bits per heavy atom. The van der Waals surface area contributed by atoms with Crippen molar-refractivity contribution in [2.45, 2.75) is 43.4 Å². The monoisotopic (exact) mass is 426 g/mol. The zero-order chi connectivity index (χ0) is 21.7. The molecule has 0 saturated carbocycles. The van der Waals surface area contributed by atoms with Crippen LogP contribution >= 0.6 is 0 Å². The van der Waals surface area contributed by atoms with Crippen molar-refractivity contribution in [1.29, 1.82) is 0 Å². The van der Waals surface area contributed by atoms with E-state index < -0.39 is 33.7 Å². The van der Waals surface area contributed by atoms with E-state index in [-0.39, 0.29) is 18.0 Å².